The summed E-state index contributed by atoms with van der Waals surface area (Å²) in [6.07, 6.45) is 10.7. The Bertz CT molecular complexity index is 1280. The first-order valence-corrected chi connectivity index (χ1v) is 10.6. The monoisotopic (exact) mass is 386 g/mol. The van der Waals surface area contributed by atoms with Gasteiger partial charge < -0.3 is 4.42 Å². The lowest BCUT2D eigenvalue weighted by molar-refractivity contribution is 0.582. The molecule has 3 aromatic carbocycles. The molecule has 6 rings (SSSR count). The van der Waals surface area contributed by atoms with Crippen molar-refractivity contribution in [2.45, 2.75) is 18.3 Å². The summed E-state index contributed by atoms with van der Waals surface area (Å²) in [5.74, 6) is 0.910. The second kappa shape index (κ2) is 6.74. The number of allylic oxidation sites excluding steroid dienone is 4. The molecule has 0 aliphatic heterocycles. The average Bonchev–Trinajstić information content (AvgIpc) is 3.46. The number of hydrogen-bond acceptors (Lipinski definition) is 1. The van der Waals surface area contributed by atoms with Crippen LogP contribution in [0.2, 0.25) is 0 Å². The molecule has 0 radical (unpaired) electrons. The minimum absolute atomic E-state index is 0.250. The summed E-state index contributed by atoms with van der Waals surface area (Å²) in [4.78, 5) is 0. The maximum absolute atomic E-state index is 5.70. The zero-order valence-corrected chi connectivity index (χ0v) is 16.7. The summed E-state index contributed by atoms with van der Waals surface area (Å²) in [7, 11) is 0. The van der Waals surface area contributed by atoms with Gasteiger partial charge in [0, 0.05) is 5.56 Å². The molecule has 30 heavy (non-hydrogen) atoms. The molecule has 2 aliphatic rings. The van der Waals surface area contributed by atoms with Crippen molar-refractivity contribution in [2.75, 3.05) is 0 Å². The highest BCUT2D eigenvalue weighted by molar-refractivity contribution is 5.88. The van der Waals surface area contributed by atoms with Crippen molar-refractivity contribution in [1.82, 2.24) is 0 Å². The van der Waals surface area contributed by atoms with E-state index in [1.807, 2.05) is 12.1 Å². The van der Waals surface area contributed by atoms with Crippen LogP contribution in [0.1, 0.15) is 29.5 Å². The number of fused-ring (bicyclic) bond motifs is 3. The van der Waals surface area contributed by atoms with Crippen LogP contribution in [0.4, 0.5) is 0 Å². The van der Waals surface area contributed by atoms with Crippen LogP contribution in [0, 0.1) is 0 Å². The largest absolute Gasteiger partial charge is 0.464 e. The van der Waals surface area contributed by atoms with Crippen molar-refractivity contribution in [3.63, 3.8) is 0 Å². The van der Waals surface area contributed by atoms with Crippen molar-refractivity contribution in [3.8, 4) is 22.5 Å². The van der Waals surface area contributed by atoms with Gasteiger partial charge in [0.15, 0.2) is 0 Å². The molecule has 1 unspecified atom stereocenters. The third-order valence-electron chi connectivity index (χ3n) is 6.55. The Morgan fingerprint density at radius 3 is 2.37 bits per heavy atom. The fourth-order valence-corrected chi connectivity index (χ4v) is 5.33. The van der Waals surface area contributed by atoms with Crippen LogP contribution in [-0.2, 0) is 5.41 Å². The molecule has 0 saturated heterocycles. The minimum atomic E-state index is -0.250. The average molecular weight is 386 g/mol. The molecule has 0 bridgehead atoms. The van der Waals surface area contributed by atoms with Gasteiger partial charge in [0.2, 0.25) is 0 Å². The summed E-state index contributed by atoms with van der Waals surface area (Å²) in [5.41, 5.74) is 9.04. The van der Waals surface area contributed by atoms with Crippen LogP contribution in [0.5, 0.6) is 0 Å². The summed E-state index contributed by atoms with van der Waals surface area (Å²) in [6.45, 7) is 0. The molecule has 0 saturated carbocycles. The predicted octanol–water partition coefficient (Wildman–Crippen LogP) is 7.54. The van der Waals surface area contributed by atoms with E-state index in [0.717, 1.165) is 24.2 Å². The lowest BCUT2D eigenvalue weighted by atomic mass is 9.65. The molecule has 1 atom stereocenters. The van der Waals surface area contributed by atoms with E-state index in [4.69, 9.17) is 4.42 Å². The quantitative estimate of drug-likeness (QED) is 0.354. The van der Waals surface area contributed by atoms with E-state index in [1.165, 1.54) is 33.4 Å². The number of hydrogen-bond donors (Lipinski definition) is 0. The van der Waals surface area contributed by atoms with Crippen molar-refractivity contribution >= 4 is 0 Å². The van der Waals surface area contributed by atoms with E-state index in [-0.39, 0.29) is 5.41 Å². The third-order valence-corrected chi connectivity index (χ3v) is 6.55. The maximum Gasteiger partial charge on any atom is 0.133 e. The molecule has 0 N–H and O–H groups in total. The van der Waals surface area contributed by atoms with Gasteiger partial charge in [-0.3, -0.25) is 0 Å². The molecule has 0 fully saturated rings. The van der Waals surface area contributed by atoms with Crippen LogP contribution in [0.3, 0.4) is 0 Å². The Morgan fingerprint density at radius 2 is 1.57 bits per heavy atom. The molecular weight excluding hydrogens is 364 g/mol. The van der Waals surface area contributed by atoms with E-state index in [1.54, 1.807) is 6.26 Å². The lowest BCUT2D eigenvalue weighted by Gasteiger charge is -2.36. The van der Waals surface area contributed by atoms with E-state index in [9.17, 15) is 0 Å². The van der Waals surface area contributed by atoms with Crippen molar-refractivity contribution in [3.05, 3.63) is 132 Å². The van der Waals surface area contributed by atoms with Crippen LogP contribution < -0.4 is 0 Å². The summed E-state index contributed by atoms with van der Waals surface area (Å²) in [5, 5.41) is 0. The second-order valence-electron chi connectivity index (χ2n) is 8.06. The van der Waals surface area contributed by atoms with Gasteiger partial charge in [-0.05, 0) is 58.9 Å². The minimum Gasteiger partial charge on any atom is -0.464 e. The SMILES string of the molecule is C1=CCCC(C2(c3ccccc3)c3ccccc3-c3cc(-c4ccco4)ccc32)=C1. The predicted molar refractivity (Wildman–Crippen MR) is 122 cm³/mol. The second-order valence-corrected chi connectivity index (χ2v) is 8.06. The first-order chi connectivity index (χ1) is 14.9. The Balaban J connectivity index is 1.71. The van der Waals surface area contributed by atoms with Gasteiger partial charge in [0.25, 0.3) is 0 Å². The topological polar surface area (TPSA) is 13.1 Å². The van der Waals surface area contributed by atoms with E-state index >= 15 is 0 Å². The highest BCUT2D eigenvalue weighted by atomic mass is 16.3. The zero-order chi connectivity index (χ0) is 20.0. The Labute approximate surface area is 177 Å². The zero-order valence-electron chi connectivity index (χ0n) is 16.7. The van der Waals surface area contributed by atoms with Crippen LogP contribution in [0.15, 0.2) is 119 Å². The van der Waals surface area contributed by atoms with Gasteiger partial charge in [-0.25, -0.2) is 0 Å². The normalized spacial score (nSPS) is 19.3. The van der Waals surface area contributed by atoms with Crippen molar-refractivity contribution in [1.29, 1.82) is 0 Å². The maximum atomic E-state index is 5.70. The molecule has 0 spiro atoms. The number of furan rings is 1. The van der Waals surface area contributed by atoms with Gasteiger partial charge in [-0.1, -0.05) is 90.5 Å². The number of benzene rings is 3. The molecule has 2 aliphatic carbocycles. The molecule has 1 heteroatoms. The number of rotatable bonds is 3. The molecule has 4 aromatic rings. The first kappa shape index (κ1) is 17.3. The molecule has 1 nitrogen and oxygen atoms in total. The van der Waals surface area contributed by atoms with Gasteiger partial charge in [-0.15, -0.1) is 0 Å². The van der Waals surface area contributed by atoms with Gasteiger partial charge >= 0.3 is 0 Å². The van der Waals surface area contributed by atoms with Gasteiger partial charge in [0.1, 0.15) is 5.76 Å². The highest BCUT2D eigenvalue weighted by Crippen LogP contribution is 2.57. The standard InChI is InChI=1S/C29H22O/c1-3-10-22(11-4-1)29(23-12-5-2-6-13-23)26-15-8-7-14-24(26)25-20-21(17-18-27(25)29)28-16-9-19-30-28/h1-5,7-12,14-20H,6,13H2. The van der Waals surface area contributed by atoms with Crippen LogP contribution in [0.25, 0.3) is 22.5 Å². The first-order valence-electron chi connectivity index (χ1n) is 10.6. The van der Waals surface area contributed by atoms with Crippen LogP contribution in [-0.4, -0.2) is 0 Å². The van der Waals surface area contributed by atoms with Gasteiger partial charge in [-0.2, -0.15) is 0 Å². The summed E-state index contributed by atoms with van der Waals surface area (Å²) < 4.78 is 5.70. The third kappa shape index (κ3) is 2.35. The molecule has 1 aromatic heterocycles. The Kier molecular flexibility index (Phi) is 3.89. The lowest BCUT2D eigenvalue weighted by Crippen LogP contribution is -2.30. The Morgan fingerprint density at radius 1 is 0.733 bits per heavy atom. The smallest absolute Gasteiger partial charge is 0.133 e. The fourth-order valence-electron chi connectivity index (χ4n) is 5.33. The van der Waals surface area contributed by atoms with Crippen molar-refractivity contribution < 1.29 is 4.42 Å². The molecule has 0 amide bonds. The summed E-state index contributed by atoms with van der Waals surface area (Å²) >= 11 is 0. The molecular formula is C29H22O. The highest BCUT2D eigenvalue weighted by Gasteiger charge is 2.47. The van der Waals surface area contributed by atoms with E-state index in [0.29, 0.717) is 0 Å². The Hall–Kier alpha value is -3.58. The fraction of sp³-hybridized carbons (Fsp3) is 0.103. The van der Waals surface area contributed by atoms with Crippen LogP contribution >= 0.6 is 0 Å². The van der Waals surface area contributed by atoms with Crippen molar-refractivity contribution in [2.24, 2.45) is 0 Å². The van der Waals surface area contributed by atoms with E-state index < -0.39 is 0 Å². The van der Waals surface area contributed by atoms with E-state index in [2.05, 4.69) is 91.0 Å². The van der Waals surface area contributed by atoms with Gasteiger partial charge in [0.05, 0.1) is 11.7 Å². The molecule has 144 valence electrons. The molecule has 1 heterocycles. The summed E-state index contributed by atoms with van der Waals surface area (Å²) in [6, 6.07) is 30.7.